The summed E-state index contributed by atoms with van der Waals surface area (Å²) in [6.45, 7) is 3.74. The van der Waals surface area contributed by atoms with Gasteiger partial charge in [-0.1, -0.05) is 0 Å². The molecule has 25 heavy (non-hydrogen) atoms. The Morgan fingerprint density at radius 3 is 2.68 bits per heavy atom. The average Bonchev–Trinajstić information content (AvgIpc) is 3.27. The number of urea groups is 1. The number of ether oxygens (including phenoxy) is 1. The summed E-state index contributed by atoms with van der Waals surface area (Å²) >= 11 is 0. The van der Waals surface area contributed by atoms with Gasteiger partial charge < -0.3 is 19.9 Å². The van der Waals surface area contributed by atoms with Crippen LogP contribution in [-0.4, -0.2) is 70.2 Å². The zero-order valence-corrected chi connectivity index (χ0v) is 14.3. The minimum absolute atomic E-state index is 0.0762. The van der Waals surface area contributed by atoms with Crippen molar-refractivity contribution in [2.45, 2.75) is 43.7 Å². The number of carbonyl (C=O) groups is 1. The molecule has 0 aliphatic carbocycles. The first-order chi connectivity index (χ1) is 12.1. The summed E-state index contributed by atoms with van der Waals surface area (Å²) in [7, 11) is 0. The summed E-state index contributed by atoms with van der Waals surface area (Å²) in [6.07, 6.45) is 7.22. The Labute approximate surface area is 146 Å². The number of piperidine rings is 1. The summed E-state index contributed by atoms with van der Waals surface area (Å²) in [6, 6.07) is 0.228. The van der Waals surface area contributed by atoms with Gasteiger partial charge in [0.25, 0.3) is 0 Å². The van der Waals surface area contributed by atoms with E-state index >= 15 is 0 Å². The summed E-state index contributed by atoms with van der Waals surface area (Å²) in [4.78, 5) is 24.5. The highest BCUT2D eigenvalue weighted by molar-refractivity contribution is 5.75. The van der Waals surface area contributed by atoms with Crippen LogP contribution in [0.1, 0.15) is 32.1 Å². The maximum atomic E-state index is 12.9. The first kappa shape index (κ1) is 16.5. The normalized spacial score (nSPS) is 29.4. The molecule has 2 amide bonds. The Hall–Kier alpha value is -1.96. The van der Waals surface area contributed by atoms with Crippen LogP contribution in [0.25, 0.3) is 0 Å². The predicted octanol–water partition coefficient (Wildman–Crippen LogP) is 1.87. The highest BCUT2D eigenvalue weighted by Crippen LogP contribution is 2.36. The molecule has 3 aliphatic rings. The lowest BCUT2D eigenvalue weighted by Gasteiger charge is -2.41. The van der Waals surface area contributed by atoms with Gasteiger partial charge in [0.05, 0.1) is 37.2 Å². The van der Waals surface area contributed by atoms with E-state index in [1.807, 2.05) is 9.80 Å². The van der Waals surface area contributed by atoms with Crippen molar-refractivity contribution in [1.82, 2.24) is 19.8 Å². The summed E-state index contributed by atoms with van der Waals surface area (Å²) in [5.74, 6) is -0.0408. The minimum atomic E-state index is -0.451. The van der Waals surface area contributed by atoms with Crippen molar-refractivity contribution in [3.63, 3.8) is 0 Å². The van der Waals surface area contributed by atoms with Crippen molar-refractivity contribution in [2.75, 3.05) is 38.1 Å². The zero-order valence-electron chi connectivity index (χ0n) is 14.3. The number of aromatic nitrogens is 2. The molecule has 0 unspecified atom stereocenters. The van der Waals surface area contributed by atoms with Gasteiger partial charge in [-0.15, -0.1) is 0 Å². The molecule has 3 saturated heterocycles. The summed E-state index contributed by atoms with van der Waals surface area (Å²) in [5, 5.41) is 3.21. The van der Waals surface area contributed by atoms with Crippen LogP contribution in [0.2, 0.25) is 0 Å². The van der Waals surface area contributed by atoms with E-state index in [4.69, 9.17) is 4.74 Å². The highest BCUT2D eigenvalue weighted by atomic mass is 19.1. The van der Waals surface area contributed by atoms with E-state index in [0.717, 1.165) is 64.1 Å². The predicted molar refractivity (Wildman–Crippen MR) is 89.7 cm³/mol. The third-order valence-corrected chi connectivity index (χ3v) is 5.35. The molecule has 0 saturated carbocycles. The maximum Gasteiger partial charge on any atom is 0.320 e. The van der Waals surface area contributed by atoms with Crippen molar-refractivity contribution in [3.05, 3.63) is 18.2 Å². The zero-order chi connectivity index (χ0) is 17.3. The van der Waals surface area contributed by atoms with Crippen LogP contribution in [0.15, 0.2) is 12.4 Å². The second-order valence-corrected chi connectivity index (χ2v) is 7.27. The first-order valence-electron chi connectivity index (χ1n) is 9.05. The monoisotopic (exact) mass is 349 g/mol. The SMILES string of the molecule is O=C(N1CCCC1)N1CCC[C@@]2(C[C@@H](Nc3ncc(F)cn3)CO2)C1. The molecule has 0 aromatic carbocycles. The third-order valence-electron chi connectivity index (χ3n) is 5.35. The standard InChI is InChI=1S/C17H24FN5O2/c18-13-9-19-15(20-10-13)21-14-8-17(25-11-14)4-3-7-23(12-17)16(24)22-5-1-2-6-22/h9-10,14H,1-8,11-12H2,(H,19,20,21)/t14-,17-/m1/s1. The van der Waals surface area contributed by atoms with E-state index < -0.39 is 5.82 Å². The highest BCUT2D eigenvalue weighted by Gasteiger charge is 2.45. The molecular weight excluding hydrogens is 325 g/mol. The fraction of sp³-hybridized carbons (Fsp3) is 0.706. The van der Waals surface area contributed by atoms with Crippen LogP contribution in [0.3, 0.4) is 0 Å². The van der Waals surface area contributed by atoms with Gasteiger partial charge in [0, 0.05) is 26.1 Å². The van der Waals surface area contributed by atoms with Crippen molar-refractivity contribution in [2.24, 2.45) is 0 Å². The number of likely N-dealkylation sites (tertiary alicyclic amines) is 2. The van der Waals surface area contributed by atoms with Gasteiger partial charge in [-0.05, 0) is 25.7 Å². The molecule has 0 bridgehead atoms. The quantitative estimate of drug-likeness (QED) is 0.883. The third kappa shape index (κ3) is 3.53. The lowest BCUT2D eigenvalue weighted by Crippen LogP contribution is -2.53. The molecule has 1 aromatic rings. The Bertz CT molecular complexity index is 622. The molecule has 0 radical (unpaired) electrons. The Morgan fingerprint density at radius 1 is 1.20 bits per heavy atom. The molecule has 136 valence electrons. The molecule has 1 N–H and O–H groups in total. The topological polar surface area (TPSA) is 70.6 Å². The molecule has 1 spiro atoms. The molecule has 3 aliphatic heterocycles. The lowest BCUT2D eigenvalue weighted by atomic mass is 9.89. The van der Waals surface area contributed by atoms with E-state index in [0.29, 0.717) is 19.1 Å². The van der Waals surface area contributed by atoms with Crippen LogP contribution in [0, 0.1) is 5.82 Å². The van der Waals surface area contributed by atoms with Gasteiger partial charge in [0.2, 0.25) is 5.95 Å². The van der Waals surface area contributed by atoms with Gasteiger partial charge >= 0.3 is 6.03 Å². The van der Waals surface area contributed by atoms with Crippen LogP contribution >= 0.6 is 0 Å². The van der Waals surface area contributed by atoms with Crippen LogP contribution in [0.4, 0.5) is 15.1 Å². The first-order valence-corrected chi connectivity index (χ1v) is 9.05. The fourth-order valence-corrected chi connectivity index (χ4v) is 4.16. The second-order valence-electron chi connectivity index (χ2n) is 7.27. The maximum absolute atomic E-state index is 12.9. The second kappa shape index (κ2) is 6.74. The number of rotatable bonds is 2. The van der Waals surface area contributed by atoms with Gasteiger partial charge in [-0.2, -0.15) is 0 Å². The molecule has 7 nitrogen and oxygen atoms in total. The fourth-order valence-electron chi connectivity index (χ4n) is 4.16. The van der Waals surface area contributed by atoms with Gasteiger partial charge in [-0.3, -0.25) is 0 Å². The molecule has 4 heterocycles. The number of nitrogens with one attached hydrogen (secondary N) is 1. The Balaban J connectivity index is 1.37. The van der Waals surface area contributed by atoms with E-state index in [1.54, 1.807) is 0 Å². The van der Waals surface area contributed by atoms with E-state index in [1.165, 1.54) is 0 Å². The Kier molecular flexibility index (Phi) is 4.45. The molecule has 3 fully saturated rings. The Morgan fingerprint density at radius 2 is 1.92 bits per heavy atom. The average molecular weight is 349 g/mol. The lowest BCUT2D eigenvalue weighted by molar-refractivity contribution is -0.0435. The molecular formula is C17H24FN5O2. The number of hydrogen-bond donors (Lipinski definition) is 1. The summed E-state index contributed by atoms with van der Waals surface area (Å²) in [5.41, 5.74) is -0.286. The largest absolute Gasteiger partial charge is 0.371 e. The number of nitrogens with zero attached hydrogens (tertiary/aromatic N) is 4. The number of anilines is 1. The number of amides is 2. The van der Waals surface area contributed by atoms with Crippen LogP contribution < -0.4 is 5.32 Å². The van der Waals surface area contributed by atoms with Crippen molar-refractivity contribution < 1.29 is 13.9 Å². The van der Waals surface area contributed by atoms with Crippen LogP contribution in [0.5, 0.6) is 0 Å². The molecule has 4 rings (SSSR count). The van der Waals surface area contributed by atoms with E-state index in [9.17, 15) is 9.18 Å². The van der Waals surface area contributed by atoms with Crippen molar-refractivity contribution in [3.8, 4) is 0 Å². The smallest absolute Gasteiger partial charge is 0.320 e. The van der Waals surface area contributed by atoms with E-state index in [2.05, 4.69) is 15.3 Å². The number of carbonyl (C=O) groups excluding carboxylic acids is 1. The van der Waals surface area contributed by atoms with E-state index in [-0.39, 0.29) is 17.7 Å². The van der Waals surface area contributed by atoms with Gasteiger partial charge in [0.15, 0.2) is 5.82 Å². The summed E-state index contributed by atoms with van der Waals surface area (Å²) < 4.78 is 19.0. The number of halogens is 1. The molecule has 2 atom stereocenters. The molecule has 8 heteroatoms. The van der Waals surface area contributed by atoms with Crippen molar-refractivity contribution >= 4 is 12.0 Å². The van der Waals surface area contributed by atoms with Crippen LogP contribution in [-0.2, 0) is 4.74 Å². The number of hydrogen-bond acceptors (Lipinski definition) is 5. The van der Waals surface area contributed by atoms with Gasteiger partial charge in [-0.25, -0.2) is 19.2 Å². The van der Waals surface area contributed by atoms with Gasteiger partial charge in [0.1, 0.15) is 0 Å². The van der Waals surface area contributed by atoms with Crippen molar-refractivity contribution in [1.29, 1.82) is 0 Å². The molecule has 1 aromatic heterocycles. The minimum Gasteiger partial charge on any atom is -0.371 e.